The molecule has 2 rings (SSSR count). The summed E-state index contributed by atoms with van der Waals surface area (Å²) in [5, 5.41) is 3.46. The minimum Gasteiger partial charge on any atom is -0.313 e. The monoisotopic (exact) mass is 278 g/mol. The van der Waals surface area contributed by atoms with E-state index < -0.39 is 0 Å². The van der Waals surface area contributed by atoms with Crippen LogP contribution in [0.1, 0.15) is 30.0 Å². The van der Waals surface area contributed by atoms with E-state index in [1.807, 2.05) is 0 Å². The van der Waals surface area contributed by atoms with Crippen molar-refractivity contribution in [1.29, 1.82) is 0 Å². The van der Waals surface area contributed by atoms with Crippen LogP contribution in [-0.4, -0.2) is 43.1 Å². The van der Waals surface area contributed by atoms with Crippen molar-refractivity contribution in [3.63, 3.8) is 0 Å². The maximum atomic E-state index is 3.46. The Morgan fingerprint density at radius 3 is 2.74 bits per heavy atom. The fourth-order valence-electron chi connectivity index (χ4n) is 2.61. The maximum Gasteiger partial charge on any atom is 0.0329 e. The molecule has 1 saturated heterocycles. The number of hydrogen-bond donors (Lipinski definition) is 1. The highest BCUT2D eigenvalue weighted by atomic mass is 32.2. The Labute approximate surface area is 122 Å². The lowest BCUT2D eigenvalue weighted by molar-refractivity contribution is 0.277. The number of nitrogens with one attached hydrogen (secondary N) is 1. The van der Waals surface area contributed by atoms with Gasteiger partial charge in [-0.25, -0.2) is 0 Å². The summed E-state index contributed by atoms with van der Waals surface area (Å²) in [6.07, 6.45) is 2.55. The molecule has 3 heteroatoms. The van der Waals surface area contributed by atoms with Crippen molar-refractivity contribution in [1.82, 2.24) is 10.2 Å². The van der Waals surface area contributed by atoms with Crippen molar-refractivity contribution in [2.75, 3.05) is 38.2 Å². The standard InChI is InChI=1S/C16H26N2S/c1-14-4-6-15(7-5-14)16(17-2)8-10-18-9-3-12-19-13-11-18/h4-7,16-17H,3,8-13H2,1-2H3. The van der Waals surface area contributed by atoms with E-state index in [0.29, 0.717) is 6.04 Å². The molecule has 0 amide bonds. The molecule has 1 unspecified atom stereocenters. The van der Waals surface area contributed by atoms with E-state index in [4.69, 9.17) is 0 Å². The lowest BCUT2D eigenvalue weighted by Gasteiger charge is -2.23. The van der Waals surface area contributed by atoms with Gasteiger partial charge >= 0.3 is 0 Å². The van der Waals surface area contributed by atoms with E-state index >= 15 is 0 Å². The van der Waals surface area contributed by atoms with Crippen molar-refractivity contribution in [3.8, 4) is 0 Å². The number of benzene rings is 1. The first-order valence-electron chi connectivity index (χ1n) is 7.33. The summed E-state index contributed by atoms with van der Waals surface area (Å²) in [4.78, 5) is 2.62. The molecule has 1 heterocycles. The highest BCUT2D eigenvalue weighted by Gasteiger charge is 2.13. The minimum atomic E-state index is 0.483. The molecule has 1 aliphatic rings. The molecule has 1 fully saturated rings. The zero-order valence-electron chi connectivity index (χ0n) is 12.2. The van der Waals surface area contributed by atoms with Crippen molar-refractivity contribution >= 4 is 11.8 Å². The predicted molar refractivity (Wildman–Crippen MR) is 86.0 cm³/mol. The molecule has 0 aliphatic carbocycles. The lowest BCUT2D eigenvalue weighted by Crippen LogP contribution is -2.30. The van der Waals surface area contributed by atoms with E-state index in [-0.39, 0.29) is 0 Å². The van der Waals surface area contributed by atoms with Gasteiger partial charge in [-0.3, -0.25) is 0 Å². The fraction of sp³-hybridized carbons (Fsp3) is 0.625. The largest absolute Gasteiger partial charge is 0.313 e. The van der Waals surface area contributed by atoms with Crippen LogP contribution in [0.2, 0.25) is 0 Å². The third-order valence-electron chi connectivity index (χ3n) is 3.88. The number of hydrogen-bond acceptors (Lipinski definition) is 3. The first-order valence-corrected chi connectivity index (χ1v) is 8.49. The molecule has 1 aromatic carbocycles. The van der Waals surface area contributed by atoms with E-state index in [2.05, 4.69) is 60.2 Å². The SMILES string of the molecule is CNC(CCN1CCCSCC1)c1ccc(C)cc1. The van der Waals surface area contributed by atoms with Gasteiger partial charge in [-0.1, -0.05) is 29.8 Å². The Balaban J connectivity index is 1.86. The molecule has 106 valence electrons. The summed E-state index contributed by atoms with van der Waals surface area (Å²) in [6.45, 7) is 5.89. The Hall–Kier alpha value is -0.510. The lowest BCUT2D eigenvalue weighted by atomic mass is 10.0. The van der Waals surface area contributed by atoms with Crippen molar-refractivity contribution in [2.45, 2.75) is 25.8 Å². The summed E-state index contributed by atoms with van der Waals surface area (Å²) in [5.74, 6) is 2.64. The van der Waals surface area contributed by atoms with Gasteiger partial charge < -0.3 is 10.2 Å². The maximum absolute atomic E-state index is 3.46. The van der Waals surface area contributed by atoms with Crippen LogP contribution < -0.4 is 5.32 Å². The third kappa shape index (κ3) is 4.83. The fourth-order valence-corrected chi connectivity index (χ4v) is 3.53. The molecule has 1 aromatic rings. The van der Waals surface area contributed by atoms with E-state index in [9.17, 15) is 0 Å². The van der Waals surface area contributed by atoms with E-state index in [1.54, 1.807) is 0 Å². The Morgan fingerprint density at radius 2 is 2.00 bits per heavy atom. The summed E-state index contributed by atoms with van der Waals surface area (Å²) in [7, 11) is 2.07. The molecular weight excluding hydrogens is 252 g/mol. The summed E-state index contributed by atoms with van der Waals surface area (Å²) < 4.78 is 0. The molecule has 1 aliphatic heterocycles. The van der Waals surface area contributed by atoms with Gasteiger partial charge in [-0.15, -0.1) is 0 Å². The van der Waals surface area contributed by atoms with Crippen molar-refractivity contribution in [3.05, 3.63) is 35.4 Å². The topological polar surface area (TPSA) is 15.3 Å². The molecule has 1 atom stereocenters. The average molecular weight is 278 g/mol. The molecule has 2 nitrogen and oxygen atoms in total. The second kappa shape index (κ2) is 7.93. The quantitative estimate of drug-likeness (QED) is 0.891. The molecular formula is C16H26N2S. The summed E-state index contributed by atoms with van der Waals surface area (Å²) in [6, 6.07) is 9.42. The normalized spacial score (nSPS) is 19.1. The number of rotatable bonds is 5. The van der Waals surface area contributed by atoms with Crippen LogP contribution >= 0.6 is 11.8 Å². The minimum absolute atomic E-state index is 0.483. The highest BCUT2D eigenvalue weighted by molar-refractivity contribution is 7.99. The van der Waals surface area contributed by atoms with Gasteiger partial charge in [0.25, 0.3) is 0 Å². The zero-order chi connectivity index (χ0) is 13.5. The Kier molecular flexibility index (Phi) is 6.21. The van der Waals surface area contributed by atoms with Gasteiger partial charge in [0, 0.05) is 18.3 Å². The van der Waals surface area contributed by atoms with Gasteiger partial charge in [0.05, 0.1) is 0 Å². The second-order valence-corrected chi connectivity index (χ2v) is 6.57. The molecule has 0 bridgehead atoms. The van der Waals surface area contributed by atoms with E-state index in [1.165, 1.54) is 55.1 Å². The number of thioether (sulfide) groups is 1. The van der Waals surface area contributed by atoms with Crippen LogP contribution in [0.4, 0.5) is 0 Å². The van der Waals surface area contributed by atoms with Crippen LogP contribution in [0, 0.1) is 6.92 Å². The smallest absolute Gasteiger partial charge is 0.0329 e. The molecule has 0 radical (unpaired) electrons. The van der Waals surface area contributed by atoms with Crippen LogP contribution in [0.15, 0.2) is 24.3 Å². The van der Waals surface area contributed by atoms with Gasteiger partial charge in [-0.2, -0.15) is 11.8 Å². The van der Waals surface area contributed by atoms with Crippen LogP contribution in [0.3, 0.4) is 0 Å². The van der Waals surface area contributed by atoms with Crippen molar-refractivity contribution < 1.29 is 0 Å². The molecule has 19 heavy (non-hydrogen) atoms. The van der Waals surface area contributed by atoms with Gasteiger partial charge in [-0.05, 0) is 51.2 Å². The molecule has 1 N–H and O–H groups in total. The Morgan fingerprint density at radius 1 is 1.21 bits per heavy atom. The second-order valence-electron chi connectivity index (χ2n) is 5.35. The molecule has 0 aromatic heterocycles. The number of aryl methyl sites for hydroxylation is 1. The van der Waals surface area contributed by atoms with E-state index in [0.717, 1.165) is 0 Å². The van der Waals surface area contributed by atoms with Gasteiger partial charge in [0.15, 0.2) is 0 Å². The summed E-state index contributed by atoms with van der Waals surface area (Å²) >= 11 is 2.10. The average Bonchev–Trinajstić information content (AvgIpc) is 2.70. The van der Waals surface area contributed by atoms with Crippen molar-refractivity contribution in [2.24, 2.45) is 0 Å². The predicted octanol–water partition coefficient (Wildman–Crippen LogP) is 3.08. The van der Waals surface area contributed by atoms with Crippen LogP contribution in [-0.2, 0) is 0 Å². The third-order valence-corrected chi connectivity index (χ3v) is 4.93. The van der Waals surface area contributed by atoms with Gasteiger partial charge in [0.1, 0.15) is 0 Å². The van der Waals surface area contributed by atoms with Crippen LogP contribution in [0.5, 0.6) is 0 Å². The highest BCUT2D eigenvalue weighted by Crippen LogP contribution is 2.18. The Bertz CT molecular complexity index is 356. The molecule has 0 saturated carbocycles. The van der Waals surface area contributed by atoms with Gasteiger partial charge in [0.2, 0.25) is 0 Å². The first-order chi connectivity index (χ1) is 9.29. The zero-order valence-corrected chi connectivity index (χ0v) is 13.0. The van der Waals surface area contributed by atoms with Crippen LogP contribution in [0.25, 0.3) is 0 Å². The number of nitrogens with zero attached hydrogens (tertiary/aromatic N) is 1. The summed E-state index contributed by atoms with van der Waals surface area (Å²) in [5.41, 5.74) is 2.75. The molecule has 0 spiro atoms. The first kappa shape index (κ1) is 14.9.